The van der Waals surface area contributed by atoms with Gasteiger partial charge in [-0.3, -0.25) is 0 Å². The second-order valence-electron chi connectivity index (χ2n) is 3.19. The number of carboxylic acid groups (broad SMARTS) is 1. The molecule has 0 unspecified atom stereocenters. The van der Waals surface area contributed by atoms with Gasteiger partial charge in [0.1, 0.15) is 0 Å². The van der Waals surface area contributed by atoms with Gasteiger partial charge in [0.25, 0.3) is 0 Å². The lowest BCUT2D eigenvalue weighted by molar-refractivity contribution is -0.164. The summed E-state index contributed by atoms with van der Waals surface area (Å²) in [6, 6.07) is 0. The Morgan fingerprint density at radius 2 is 2.27 bits per heavy atom. The lowest BCUT2D eigenvalue weighted by atomic mass is 10.2. The summed E-state index contributed by atoms with van der Waals surface area (Å²) in [4.78, 5) is 16.0. The van der Waals surface area contributed by atoms with Crippen LogP contribution in [0.3, 0.4) is 0 Å². The molecule has 1 aromatic rings. The van der Waals surface area contributed by atoms with Gasteiger partial charge in [0.2, 0.25) is 0 Å². The predicted octanol–water partition coefficient (Wildman–Crippen LogP) is 1.47. The lowest BCUT2D eigenvalue weighted by Crippen LogP contribution is -2.30. The third-order valence-electron chi connectivity index (χ3n) is 1.63. The third kappa shape index (κ3) is 2.85. The molecule has 1 N–H and O–H groups in total. The highest BCUT2D eigenvalue weighted by Gasteiger charge is 2.39. The van der Waals surface area contributed by atoms with Crippen LogP contribution in [0.5, 0.6) is 0 Å². The topological polar surface area (TPSA) is 53.4 Å². The first-order valence-electron chi connectivity index (χ1n) is 4.06. The third-order valence-corrected chi connectivity index (χ3v) is 2.80. The van der Waals surface area contributed by atoms with Gasteiger partial charge in [-0.25, -0.2) is 9.78 Å². The number of aromatic nitrogens is 1. The van der Waals surface area contributed by atoms with Crippen molar-refractivity contribution in [3.8, 4) is 0 Å². The van der Waals surface area contributed by atoms with Crippen LogP contribution >= 0.6 is 11.3 Å². The Morgan fingerprint density at radius 1 is 1.67 bits per heavy atom. The maximum atomic E-state index is 12.8. The van der Waals surface area contributed by atoms with Gasteiger partial charge in [0, 0.05) is 25.2 Å². The summed E-state index contributed by atoms with van der Waals surface area (Å²) in [5.74, 6) is -5.84. The number of hydrogen-bond donors (Lipinski definition) is 1. The van der Waals surface area contributed by atoms with E-state index >= 15 is 0 Å². The Hall–Kier alpha value is -1.24. The summed E-state index contributed by atoms with van der Waals surface area (Å²) in [5, 5.41) is 8.82. The van der Waals surface area contributed by atoms with Gasteiger partial charge in [-0.05, 0) is 0 Å². The summed E-state index contributed by atoms with van der Waals surface area (Å²) in [5.41, 5.74) is 0. The highest BCUT2D eigenvalue weighted by atomic mass is 32.1. The van der Waals surface area contributed by atoms with Crippen molar-refractivity contribution in [3.05, 3.63) is 11.1 Å². The zero-order chi connectivity index (χ0) is 11.6. The molecule has 7 heteroatoms. The van der Waals surface area contributed by atoms with Gasteiger partial charge in [0.05, 0.1) is 6.42 Å². The molecule has 0 aliphatic heterocycles. The molecule has 0 spiro atoms. The van der Waals surface area contributed by atoms with Crippen LogP contribution in [0.4, 0.5) is 13.9 Å². The van der Waals surface area contributed by atoms with E-state index in [9.17, 15) is 13.6 Å². The van der Waals surface area contributed by atoms with E-state index in [0.29, 0.717) is 5.13 Å². The zero-order valence-corrected chi connectivity index (χ0v) is 9.02. The number of carboxylic acids is 1. The molecule has 0 saturated carbocycles. The first-order chi connectivity index (χ1) is 6.83. The standard InChI is InChI=1S/C8H10F2N2O2S/c1-12(2)7-11-4-5(15-7)3-8(9,10)6(13)14/h4H,3H2,1-2H3,(H,13,14). The average molecular weight is 236 g/mol. The maximum Gasteiger partial charge on any atom is 0.374 e. The number of carbonyl (C=O) groups is 1. The van der Waals surface area contributed by atoms with Gasteiger partial charge in [-0.15, -0.1) is 11.3 Å². The molecule has 0 amide bonds. The van der Waals surface area contributed by atoms with Gasteiger partial charge in [0.15, 0.2) is 5.13 Å². The van der Waals surface area contributed by atoms with Crippen LogP contribution in [-0.4, -0.2) is 36.1 Å². The predicted molar refractivity (Wildman–Crippen MR) is 52.7 cm³/mol. The summed E-state index contributed by atoms with van der Waals surface area (Å²) >= 11 is 1.06. The molecule has 84 valence electrons. The second kappa shape index (κ2) is 4.09. The molecule has 0 aromatic carbocycles. The molecular formula is C8H10F2N2O2S. The first-order valence-corrected chi connectivity index (χ1v) is 4.88. The van der Waals surface area contributed by atoms with Crippen LogP contribution in [0.2, 0.25) is 0 Å². The second-order valence-corrected chi connectivity index (χ2v) is 4.28. The first kappa shape index (κ1) is 11.8. The zero-order valence-electron chi connectivity index (χ0n) is 8.20. The molecule has 0 saturated heterocycles. The molecule has 0 radical (unpaired) electrons. The molecule has 1 aromatic heterocycles. The van der Waals surface area contributed by atoms with Crippen LogP contribution in [0.15, 0.2) is 6.20 Å². The van der Waals surface area contributed by atoms with Crippen LogP contribution in [0.1, 0.15) is 4.88 Å². The Balaban J connectivity index is 2.77. The maximum absolute atomic E-state index is 12.8. The molecule has 0 atom stereocenters. The van der Waals surface area contributed by atoms with Crippen molar-refractivity contribution in [3.63, 3.8) is 0 Å². The monoisotopic (exact) mass is 236 g/mol. The van der Waals surface area contributed by atoms with E-state index in [1.807, 2.05) is 0 Å². The van der Waals surface area contributed by atoms with Crippen molar-refractivity contribution in [2.45, 2.75) is 12.3 Å². The molecule has 15 heavy (non-hydrogen) atoms. The minimum Gasteiger partial charge on any atom is -0.477 e. The Bertz CT molecular complexity index is 365. The van der Waals surface area contributed by atoms with Crippen molar-refractivity contribution in [1.29, 1.82) is 0 Å². The Morgan fingerprint density at radius 3 is 2.67 bits per heavy atom. The molecular weight excluding hydrogens is 226 g/mol. The molecule has 0 aliphatic rings. The normalized spacial score (nSPS) is 11.5. The fraction of sp³-hybridized carbons (Fsp3) is 0.500. The molecule has 0 aliphatic carbocycles. The van der Waals surface area contributed by atoms with Crippen LogP contribution < -0.4 is 4.90 Å². The molecule has 1 heterocycles. The highest BCUT2D eigenvalue weighted by Crippen LogP contribution is 2.27. The van der Waals surface area contributed by atoms with Crippen LogP contribution in [0, 0.1) is 0 Å². The fourth-order valence-corrected chi connectivity index (χ4v) is 1.76. The minimum absolute atomic E-state index is 0.256. The Labute approximate surface area is 89.2 Å². The Kier molecular flexibility index (Phi) is 3.23. The van der Waals surface area contributed by atoms with Crippen LogP contribution in [0.25, 0.3) is 0 Å². The van der Waals surface area contributed by atoms with Crippen molar-refractivity contribution in [2.75, 3.05) is 19.0 Å². The van der Waals surface area contributed by atoms with E-state index in [-0.39, 0.29) is 4.88 Å². The largest absolute Gasteiger partial charge is 0.477 e. The lowest BCUT2D eigenvalue weighted by Gasteiger charge is -2.08. The van der Waals surface area contributed by atoms with E-state index in [1.165, 1.54) is 6.20 Å². The van der Waals surface area contributed by atoms with E-state index in [4.69, 9.17) is 5.11 Å². The van der Waals surface area contributed by atoms with E-state index in [0.717, 1.165) is 11.3 Å². The number of aliphatic carboxylic acids is 1. The number of rotatable bonds is 4. The van der Waals surface area contributed by atoms with Crippen molar-refractivity contribution in [1.82, 2.24) is 4.98 Å². The number of anilines is 1. The molecule has 0 fully saturated rings. The number of alkyl halides is 2. The van der Waals surface area contributed by atoms with Gasteiger partial charge in [-0.1, -0.05) is 0 Å². The number of halogens is 2. The molecule has 0 bridgehead atoms. The smallest absolute Gasteiger partial charge is 0.374 e. The number of hydrogen-bond acceptors (Lipinski definition) is 4. The quantitative estimate of drug-likeness (QED) is 0.860. The van der Waals surface area contributed by atoms with Crippen molar-refractivity contribution < 1.29 is 18.7 Å². The van der Waals surface area contributed by atoms with E-state index < -0.39 is 18.3 Å². The number of nitrogens with zero attached hydrogens (tertiary/aromatic N) is 2. The minimum atomic E-state index is -3.73. The van der Waals surface area contributed by atoms with Gasteiger partial charge in [-0.2, -0.15) is 8.78 Å². The summed E-state index contributed by atoms with van der Waals surface area (Å²) in [6.07, 6.45) is 0.463. The molecule has 1 rings (SSSR count). The highest BCUT2D eigenvalue weighted by molar-refractivity contribution is 7.15. The SMILES string of the molecule is CN(C)c1ncc(CC(F)(F)C(=O)O)s1. The fourth-order valence-electron chi connectivity index (χ4n) is 0.880. The summed E-state index contributed by atoms with van der Waals surface area (Å²) in [7, 11) is 3.47. The van der Waals surface area contributed by atoms with E-state index in [1.54, 1.807) is 19.0 Å². The van der Waals surface area contributed by atoms with Gasteiger partial charge >= 0.3 is 11.9 Å². The number of thiazole rings is 1. The molecule has 4 nitrogen and oxygen atoms in total. The van der Waals surface area contributed by atoms with Gasteiger partial charge < -0.3 is 10.0 Å². The van der Waals surface area contributed by atoms with Crippen LogP contribution in [-0.2, 0) is 11.2 Å². The van der Waals surface area contributed by atoms with Crippen molar-refractivity contribution >= 4 is 22.4 Å². The summed E-state index contributed by atoms with van der Waals surface area (Å²) < 4.78 is 25.6. The van der Waals surface area contributed by atoms with Crippen molar-refractivity contribution in [2.24, 2.45) is 0 Å². The average Bonchev–Trinajstić information content (AvgIpc) is 2.51. The summed E-state index contributed by atoms with van der Waals surface area (Å²) in [6.45, 7) is 0. The van der Waals surface area contributed by atoms with E-state index in [2.05, 4.69) is 4.98 Å².